The van der Waals surface area contributed by atoms with Gasteiger partial charge in [-0.25, -0.2) is 0 Å². The van der Waals surface area contributed by atoms with Gasteiger partial charge in [-0.3, -0.25) is 4.90 Å². The molecule has 0 saturated carbocycles. The Labute approximate surface area is 144 Å². The van der Waals surface area contributed by atoms with Crippen LogP contribution in [0.25, 0.3) is 0 Å². The minimum Gasteiger partial charge on any atom is -0.503 e. The number of phenolic OH excluding ortho intramolecular Hbond substituents is 1. The second-order valence-electron chi connectivity index (χ2n) is 6.35. The average molecular weight is 342 g/mol. The number of likely N-dealkylation sites (N-methyl/N-ethyl adjacent to an activating group) is 1. The molecule has 1 saturated heterocycles. The number of ether oxygens (including phenoxy) is 1. The number of benzene rings is 1. The van der Waals surface area contributed by atoms with E-state index in [-0.39, 0.29) is 11.8 Å². The van der Waals surface area contributed by atoms with Crippen LogP contribution in [0.1, 0.15) is 25.5 Å². The first kappa shape index (κ1) is 18.3. The molecular weight excluding hydrogens is 314 g/mol. The Hall–Kier alpha value is -1.01. The van der Waals surface area contributed by atoms with E-state index in [4.69, 9.17) is 16.3 Å². The number of nitrogens with zero attached hydrogens (tertiary/aromatic N) is 2. The first-order valence-electron chi connectivity index (χ1n) is 8.20. The van der Waals surface area contributed by atoms with Gasteiger partial charge in [0.15, 0.2) is 11.5 Å². The monoisotopic (exact) mass is 341 g/mol. The molecule has 0 spiro atoms. The van der Waals surface area contributed by atoms with E-state index in [0.717, 1.165) is 31.7 Å². The summed E-state index contributed by atoms with van der Waals surface area (Å²) in [6.45, 7) is 8.47. The van der Waals surface area contributed by atoms with Crippen molar-refractivity contribution < 1.29 is 9.84 Å². The molecule has 1 aliphatic heterocycles. The van der Waals surface area contributed by atoms with Crippen LogP contribution >= 0.6 is 11.6 Å². The van der Waals surface area contributed by atoms with E-state index in [0.29, 0.717) is 23.4 Å². The fourth-order valence-electron chi connectivity index (χ4n) is 3.12. The van der Waals surface area contributed by atoms with Crippen LogP contribution in [0.15, 0.2) is 12.1 Å². The standard InChI is InChI=1S/C17H28ClN3O2/c1-5-23-16-9-13(8-14(18)17(16)22)15(11-20(3)4)21-7-6-19-10-12(21)2/h8-9,12,15,19,22H,5-7,10-11H2,1-4H3. The highest BCUT2D eigenvalue weighted by atomic mass is 35.5. The number of halogens is 1. The lowest BCUT2D eigenvalue weighted by atomic mass is 10.0. The highest BCUT2D eigenvalue weighted by molar-refractivity contribution is 6.32. The number of rotatable bonds is 6. The van der Waals surface area contributed by atoms with Crippen molar-refractivity contribution in [2.75, 3.05) is 46.9 Å². The zero-order valence-electron chi connectivity index (χ0n) is 14.5. The Morgan fingerprint density at radius 1 is 1.48 bits per heavy atom. The fraction of sp³-hybridized carbons (Fsp3) is 0.647. The van der Waals surface area contributed by atoms with E-state index in [9.17, 15) is 5.11 Å². The summed E-state index contributed by atoms with van der Waals surface area (Å²) in [7, 11) is 4.15. The van der Waals surface area contributed by atoms with Gasteiger partial charge in [0.25, 0.3) is 0 Å². The molecule has 1 aromatic rings. The molecule has 0 aromatic heterocycles. The molecule has 1 aliphatic rings. The molecule has 2 unspecified atom stereocenters. The highest BCUT2D eigenvalue weighted by Gasteiger charge is 2.28. The van der Waals surface area contributed by atoms with Crippen LogP contribution in [0.5, 0.6) is 11.5 Å². The Balaban J connectivity index is 2.38. The van der Waals surface area contributed by atoms with Crippen molar-refractivity contribution >= 4 is 11.6 Å². The van der Waals surface area contributed by atoms with E-state index >= 15 is 0 Å². The van der Waals surface area contributed by atoms with Gasteiger partial charge in [-0.1, -0.05) is 11.6 Å². The van der Waals surface area contributed by atoms with E-state index in [1.807, 2.05) is 19.1 Å². The predicted molar refractivity (Wildman–Crippen MR) is 94.6 cm³/mol. The molecule has 6 heteroatoms. The molecule has 130 valence electrons. The molecule has 5 nitrogen and oxygen atoms in total. The highest BCUT2D eigenvalue weighted by Crippen LogP contribution is 2.38. The maximum absolute atomic E-state index is 10.1. The zero-order valence-corrected chi connectivity index (χ0v) is 15.2. The zero-order chi connectivity index (χ0) is 17.0. The minimum atomic E-state index is 0.0224. The number of nitrogens with one attached hydrogen (secondary N) is 1. The van der Waals surface area contributed by atoms with Crippen LogP contribution in [-0.2, 0) is 0 Å². The van der Waals surface area contributed by atoms with Crippen molar-refractivity contribution in [3.63, 3.8) is 0 Å². The van der Waals surface area contributed by atoms with E-state index in [1.54, 1.807) is 0 Å². The molecule has 23 heavy (non-hydrogen) atoms. The smallest absolute Gasteiger partial charge is 0.176 e. The summed E-state index contributed by atoms with van der Waals surface area (Å²) in [6.07, 6.45) is 0. The topological polar surface area (TPSA) is 48.0 Å². The van der Waals surface area contributed by atoms with Gasteiger partial charge >= 0.3 is 0 Å². The van der Waals surface area contributed by atoms with Crippen LogP contribution in [0, 0.1) is 0 Å². The van der Waals surface area contributed by atoms with Crippen LogP contribution in [0.2, 0.25) is 5.02 Å². The summed E-state index contributed by atoms with van der Waals surface area (Å²) in [5.74, 6) is 0.482. The molecule has 0 radical (unpaired) electrons. The number of aromatic hydroxyl groups is 1. The molecule has 1 fully saturated rings. The van der Waals surface area contributed by atoms with E-state index in [1.165, 1.54) is 0 Å². The summed E-state index contributed by atoms with van der Waals surface area (Å²) >= 11 is 6.24. The molecule has 1 heterocycles. The second kappa shape index (κ2) is 8.20. The summed E-state index contributed by atoms with van der Waals surface area (Å²) in [5.41, 5.74) is 1.08. The third kappa shape index (κ3) is 4.51. The second-order valence-corrected chi connectivity index (χ2v) is 6.76. The van der Waals surface area contributed by atoms with Crippen molar-refractivity contribution in [2.45, 2.75) is 25.9 Å². The fourth-order valence-corrected chi connectivity index (χ4v) is 3.34. The first-order valence-corrected chi connectivity index (χ1v) is 8.58. The Kier molecular flexibility index (Phi) is 6.53. The number of hydrogen-bond donors (Lipinski definition) is 2. The maximum atomic E-state index is 10.1. The SMILES string of the molecule is CCOc1cc(C(CN(C)C)N2CCNCC2C)cc(Cl)c1O. The number of hydrogen-bond acceptors (Lipinski definition) is 5. The predicted octanol–water partition coefficient (Wildman–Crippen LogP) is 2.34. The first-order chi connectivity index (χ1) is 10.9. The molecule has 2 rings (SSSR count). The van der Waals surface area contributed by atoms with Gasteiger partial charge in [0, 0.05) is 38.3 Å². The lowest BCUT2D eigenvalue weighted by Gasteiger charge is -2.41. The lowest BCUT2D eigenvalue weighted by molar-refractivity contribution is 0.0966. The molecular formula is C17H28ClN3O2. The summed E-state index contributed by atoms with van der Waals surface area (Å²) in [6, 6.07) is 4.44. The summed E-state index contributed by atoms with van der Waals surface area (Å²) < 4.78 is 5.55. The van der Waals surface area contributed by atoms with Gasteiger partial charge < -0.3 is 20.1 Å². The van der Waals surface area contributed by atoms with Gasteiger partial charge in [-0.2, -0.15) is 0 Å². The molecule has 1 aromatic carbocycles. The Morgan fingerprint density at radius 3 is 2.83 bits per heavy atom. The van der Waals surface area contributed by atoms with Crippen molar-refractivity contribution in [2.24, 2.45) is 0 Å². The van der Waals surface area contributed by atoms with E-state index < -0.39 is 0 Å². The van der Waals surface area contributed by atoms with Gasteiger partial charge in [0.2, 0.25) is 0 Å². The van der Waals surface area contributed by atoms with Crippen molar-refractivity contribution in [3.8, 4) is 11.5 Å². The average Bonchev–Trinajstić information content (AvgIpc) is 2.50. The maximum Gasteiger partial charge on any atom is 0.176 e. The third-order valence-electron chi connectivity index (χ3n) is 4.23. The molecule has 0 amide bonds. The molecule has 0 bridgehead atoms. The number of phenols is 1. The molecule has 0 aliphatic carbocycles. The molecule has 2 N–H and O–H groups in total. The van der Waals surface area contributed by atoms with Crippen LogP contribution in [-0.4, -0.2) is 67.8 Å². The van der Waals surface area contributed by atoms with Crippen molar-refractivity contribution in [1.82, 2.24) is 15.1 Å². The minimum absolute atomic E-state index is 0.0224. The number of piperazine rings is 1. The van der Waals surface area contributed by atoms with Gasteiger partial charge in [-0.05, 0) is 45.6 Å². The van der Waals surface area contributed by atoms with Gasteiger partial charge in [0.05, 0.1) is 11.6 Å². The van der Waals surface area contributed by atoms with Gasteiger partial charge in [-0.15, -0.1) is 0 Å². The largest absolute Gasteiger partial charge is 0.503 e. The van der Waals surface area contributed by atoms with Crippen molar-refractivity contribution in [3.05, 3.63) is 22.7 Å². The van der Waals surface area contributed by atoms with Crippen molar-refractivity contribution in [1.29, 1.82) is 0 Å². The molecule has 2 atom stereocenters. The van der Waals surface area contributed by atoms with Gasteiger partial charge in [0.1, 0.15) is 0 Å². The van der Waals surface area contributed by atoms with Crippen LogP contribution in [0.4, 0.5) is 0 Å². The summed E-state index contributed by atoms with van der Waals surface area (Å²) in [4.78, 5) is 4.68. The third-order valence-corrected chi connectivity index (χ3v) is 4.51. The quantitative estimate of drug-likeness (QED) is 0.831. The Bertz CT molecular complexity index is 525. The summed E-state index contributed by atoms with van der Waals surface area (Å²) in [5, 5.41) is 13.9. The Morgan fingerprint density at radius 2 is 2.22 bits per heavy atom. The van der Waals surface area contributed by atoms with E-state index in [2.05, 4.69) is 36.1 Å². The normalized spacial score (nSPS) is 20.7. The van der Waals surface area contributed by atoms with Crippen LogP contribution in [0.3, 0.4) is 0 Å². The van der Waals surface area contributed by atoms with Crippen LogP contribution < -0.4 is 10.1 Å². The lowest BCUT2D eigenvalue weighted by Crippen LogP contribution is -2.52.